The van der Waals surface area contributed by atoms with E-state index in [2.05, 4.69) is 5.32 Å². The smallest absolute Gasteiger partial charge is 0.335 e. The number of thioether (sulfide) groups is 1. The Morgan fingerprint density at radius 2 is 1.37 bits per heavy atom. The summed E-state index contributed by atoms with van der Waals surface area (Å²) in [5.41, 5.74) is 2.94. The van der Waals surface area contributed by atoms with Gasteiger partial charge in [0.2, 0.25) is 5.82 Å². The summed E-state index contributed by atoms with van der Waals surface area (Å²) in [5, 5.41) is 21.0. The first-order chi connectivity index (χ1) is 25.0. The van der Waals surface area contributed by atoms with E-state index in [1.807, 2.05) is 48.5 Å². The standard InChI is InChI=1S/C39H30F5NO6S/c40-32-31(33(41)35(43)36(44)34(32)42)37(47)45-18-22-3-1-4-25(15-22)26-5-2-6-27(16-26)39-50-28(20-52-29-13-11-24(12-14-29)38(48)49)17-30(51-39)23-9-7-21(19-46)8-10-23/h1-16,28,30,39,46H,17-20H2,(H,45,47)(H,48,49)/t28-,30+,39+/m0/s1. The first-order valence-corrected chi connectivity index (χ1v) is 17.0. The normalized spacial score (nSPS) is 17.2. The lowest BCUT2D eigenvalue weighted by atomic mass is 9.99. The van der Waals surface area contributed by atoms with Crippen molar-refractivity contribution in [3.63, 3.8) is 0 Å². The maximum atomic E-state index is 14.2. The van der Waals surface area contributed by atoms with Gasteiger partial charge in [-0.1, -0.05) is 60.7 Å². The molecular formula is C39H30F5NO6S. The van der Waals surface area contributed by atoms with Gasteiger partial charge in [0.05, 0.1) is 24.4 Å². The van der Waals surface area contributed by atoms with E-state index >= 15 is 0 Å². The van der Waals surface area contributed by atoms with Crippen LogP contribution in [0.15, 0.2) is 102 Å². The minimum absolute atomic E-state index is 0.0941. The van der Waals surface area contributed by atoms with Crippen molar-refractivity contribution < 1.29 is 51.2 Å². The molecule has 0 unspecified atom stereocenters. The SMILES string of the molecule is O=C(O)c1ccc(SC[C@@H]2C[C@H](c3ccc(CO)cc3)O[C@H](c3cccc(-c4cccc(CNC(=O)c5c(F)c(F)c(F)c(F)c5F)c4)c3)O2)cc1. The van der Waals surface area contributed by atoms with Crippen molar-refractivity contribution in [2.24, 2.45) is 0 Å². The van der Waals surface area contributed by atoms with Gasteiger partial charge in [-0.05, 0) is 64.2 Å². The van der Waals surface area contributed by atoms with Crippen LogP contribution >= 0.6 is 11.8 Å². The highest BCUT2D eigenvalue weighted by molar-refractivity contribution is 7.99. The summed E-state index contributed by atoms with van der Waals surface area (Å²) in [5.74, 6) is -13.1. The van der Waals surface area contributed by atoms with Crippen LogP contribution in [-0.2, 0) is 22.6 Å². The lowest BCUT2D eigenvalue weighted by Crippen LogP contribution is -2.31. The summed E-state index contributed by atoms with van der Waals surface area (Å²) in [6.07, 6.45) is -0.855. The van der Waals surface area contributed by atoms with Crippen molar-refractivity contribution in [2.75, 3.05) is 5.75 Å². The number of amides is 1. The first-order valence-electron chi connectivity index (χ1n) is 16.0. The van der Waals surface area contributed by atoms with Gasteiger partial charge >= 0.3 is 5.97 Å². The number of carboxylic acids is 1. The van der Waals surface area contributed by atoms with Crippen molar-refractivity contribution in [3.8, 4) is 11.1 Å². The fraction of sp³-hybridized carbons (Fsp3) is 0.179. The predicted molar refractivity (Wildman–Crippen MR) is 182 cm³/mol. The number of halogens is 5. The van der Waals surface area contributed by atoms with Crippen molar-refractivity contribution in [1.82, 2.24) is 5.32 Å². The number of hydrogen-bond donors (Lipinski definition) is 3. The van der Waals surface area contributed by atoms with Gasteiger partial charge in [-0.25, -0.2) is 26.7 Å². The molecule has 1 amide bonds. The Labute approximate surface area is 299 Å². The van der Waals surface area contributed by atoms with Crippen LogP contribution < -0.4 is 5.32 Å². The van der Waals surface area contributed by atoms with E-state index in [0.717, 1.165) is 21.6 Å². The zero-order valence-corrected chi connectivity index (χ0v) is 27.9. The van der Waals surface area contributed by atoms with E-state index in [1.165, 1.54) is 11.8 Å². The largest absolute Gasteiger partial charge is 0.478 e. The summed E-state index contributed by atoms with van der Waals surface area (Å²) >= 11 is 1.53. The molecule has 0 spiro atoms. The Balaban J connectivity index is 1.20. The third kappa shape index (κ3) is 8.18. The van der Waals surface area contributed by atoms with Crippen molar-refractivity contribution in [2.45, 2.75) is 43.0 Å². The molecule has 6 rings (SSSR count). The van der Waals surface area contributed by atoms with Crippen LogP contribution in [0.4, 0.5) is 22.0 Å². The molecule has 5 aromatic rings. The number of aliphatic hydroxyl groups excluding tert-OH is 1. The van der Waals surface area contributed by atoms with Gasteiger partial charge in [-0.2, -0.15) is 0 Å². The Bertz CT molecular complexity index is 2070. The van der Waals surface area contributed by atoms with Crippen molar-refractivity contribution >= 4 is 23.6 Å². The van der Waals surface area contributed by atoms with Crippen LogP contribution in [0, 0.1) is 29.1 Å². The topological polar surface area (TPSA) is 105 Å². The fourth-order valence-electron chi connectivity index (χ4n) is 5.71. The van der Waals surface area contributed by atoms with Gasteiger partial charge in [0.15, 0.2) is 29.6 Å². The van der Waals surface area contributed by atoms with Gasteiger partial charge in [-0.3, -0.25) is 4.79 Å². The van der Waals surface area contributed by atoms with Crippen molar-refractivity contribution in [1.29, 1.82) is 0 Å². The molecule has 3 atom stereocenters. The average molecular weight is 736 g/mol. The number of ether oxygens (including phenoxy) is 2. The quantitative estimate of drug-likeness (QED) is 0.0541. The molecule has 13 heteroatoms. The number of rotatable bonds is 11. The third-order valence-electron chi connectivity index (χ3n) is 8.46. The summed E-state index contributed by atoms with van der Waals surface area (Å²) in [6, 6.07) is 28.3. The Morgan fingerprint density at radius 3 is 2.02 bits per heavy atom. The molecule has 5 aromatic carbocycles. The second kappa shape index (κ2) is 16.1. The fourth-order valence-corrected chi connectivity index (χ4v) is 6.63. The Morgan fingerprint density at radius 1 is 0.731 bits per heavy atom. The molecule has 0 radical (unpaired) electrons. The predicted octanol–water partition coefficient (Wildman–Crippen LogP) is 8.51. The molecule has 1 heterocycles. The molecule has 1 aliphatic heterocycles. The highest BCUT2D eigenvalue weighted by Crippen LogP contribution is 2.40. The van der Waals surface area contributed by atoms with Gasteiger partial charge < -0.3 is 25.0 Å². The summed E-state index contributed by atoms with van der Waals surface area (Å²) in [4.78, 5) is 24.6. The van der Waals surface area contributed by atoms with E-state index in [-0.39, 0.29) is 30.9 Å². The number of hydrogen-bond acceptors (Lipinski definition) is 6. The van der Waals surface area contributed by atoms with E-state index in [9.17, 15) is 41.8 Å². The molecule has 52 heavy (non-hydrogen) atoms. The second-order valence-electron chi connectivity index (χ2n) is 11.9. The van der Waals surface area contributed by atoms with Crippen LogP contribution in [0.1, 0.15) is 61.8 Å². The van der Waals surface area contributed by atoms with Gasteiger partial charge in [-0.15, -0.1) is 11.8 Å². The van der Waals surface area contributed by atoms with Gasteiger partial charge in [0.25, 0.3) is 5.91 Å². The van der Waals surface area contributed by atoms with Crippen LogP contribution in [0.2, 0.25) is 0 Å². The maximum absolute atomic E-state index is 14.2. The number of carboxylic acid groups (broad SMARTS) is 1. The summed E-state index contributed by atoms with van der Waals surface area (Å²) in [7, 11) is 0. The lowest BCUT2D eigenvalue weighted by molar-refractivity contribution is -0.245. The van der Waals surface area contributed by atoms with Crippen LogP contribution in [0.5, 0.6) is 0 Å². The minimum atomic E-state index is -2.35. The monoisotopic (exact) mass is 735 g/mol. The first kappa shape index (κ1) is 36.7. The molecule has 1 fully saturated rings. The third-order valence-corrected chi connectivity index (χ3v) is 9.61. The van der Waals surface area contributed by atoms with E-state index in [0.29, 0.717) is 28.9 Å². The van der Waals surface area contributed by atoms with Crippen LogP contribution in [0.25, 0.3) is 11.1 Å². The summed E-state index contributed by atoms with van der Waals surface area (Å²) in [6.45, 7) is -0.362. The van der Waals surface area contributed by atoms with Gasteiger partial charge in [0, 0.05) is 29.2 Å². The van der Waals surface area contributed by atoms with Crippen LogP contribution in [0.3, 0.4) is 0 Å². The van der Waals surface area contributed by atoms with E-state index < -0.39 is 52.8 Å². The molecule has 0 aromatic heterocycles. The van der Waals surface area contributed by atoms with E-state index in [1.54, 1.807) is 48.5 Å². The van der Waals surface area contributed by atoms with Crippen molar-refractivity contribution in [3.05, 3.63) is 160 Å². The molecule has 1 saturated heterocycles. The number of nitrogens with one attached hydrogen (secondary N) is 1. The Kier molecular flexibility index (Phi) is 11.3. The molecule has 7 nitrogen and oxygen atoms in total. The zero-order chi connectivity index (χ0) is 36.9. The Hall–Kier alpha value is -5.08. The molecule has 3 N–H and O–H groups in total. The number of carbonyl (C=O) groups excluding carboxylic acids is 1. The maximum Gasteiger partial charge on any atom is 0.335 e. The number of carbonyl (C=O) groups is 2. The molecule has 1 aliphatic rings. The molecule has 0 saturated carbocycles. The summed E-state index contributed by atoms with van der Waals surface area (Å²) < 4.78 is 82.0. The molecule has 0 aliphatic carbocycles. The minimum Gasteiger partial charge on any atom is -0.478 e. The van der Waals surface area contributed by atoms with E-state index in [4.69, 9.17) is 9.47 Å². The second-order valence-corrected chi connectivity index (χ2v) is 13.0. The lowest BCUT2D eigenvalue weighted by Gasteiger charge is -2.36. The highest BCUT2D eigenvalue weighted by Gasteiger charge is 2.33. The van der Waals surface area contributed by atoms with Crippen LogP contribution in [-0.4, -0.2) is 33.9 Å². The number of aromatic carboxylic acids is 1. The zero-order valence-electron chi connectivity index (χ0n) is 27.1. The molecular weight excluding hydrogens is 705 g/mol. The van der Waals surface area contributed by atoms with Gasteiger partial charge in [0.1, 0.15) is 5.56 Å². The number of benzene rings is 5. The average Bonchev–Trinajstić information content (AvgIpc) is 3.18. The number of aliphatic hydroxyl groups is 1. The highest BCUT2D eigenvalue weighted by atomic mass is 32.2. The molecule has 268 valence electrons. The molecule has 0 bridgehead atoms.